The standard InChI is InChI=1S/C12H8BrN3O3/c13-8-4-14-12(15-5-8)16-11(17)7-1-2-9-10(3-7)19-6-18-9/h1-5H,6H2,(H,14,15,16,17). The van der Waals surface area contributed by atoms with Crippen LogP contribution < -0.4 is 14.8 Å². The summed E-state index contributed by atoms with van der Waals surface area (Å²) in [6.07, 6.45) is 3.12. The number of fused-ring (bicyclic) bond motifs is 1. The number of carbonyl (C=O) groups is 1. The summed E-state index contributed by atoms with van der Waals surface area (Å²) >= 11 is 3.22. The second kappa shape index (κ2) is 4.85. The van der Waals surface area contributed by atoms with Gasteiger partial charge in [0.25, 0.3) is 5.91 Å². The third-order valence-electron chi connectivity index (χ3n) is 2.48. The maximum Gasteiger partial charge on any atom is 0.258 e. The van der Waals surface area contributed by atoms with E-state index in [-0.39, 0.29) is 18.6 Å². The minimum Gasteiger partial charge on any atom is -0.454 e. The van der Waals surface area contributed by atoms with Gasteiger partial charge in [0.15, 0.2) is 11.5 Å². The van der Waals surface area contributed by atoms with E-state index in [1.165, 1.54) is 0 Å². The monoisotopic (exact) mass is 321 g/mol. The van der Waals surface area contributed by atoms with Crippen molar-refractivity contribution < 1.29 is 14.3 Å². The summed E-state index contributed by atoms with van der Waals surface area (Å²) in [6.45, 7) is 0.177. The average Bonchev–Trinajstić information content (AvgIpc) is 2.88. The van der Waals surface area contributed by atoms with Crippen LogP contribution in [0.1, 0.15) is 10.4 Å². The van der Waals surface area contributed by atoms with Crippen molar-refractivity contribution in [3.8, 4) is 11.5 Å². The molecule has 0 radical (unpaired) electrons. The van der Waals surface area contributed by atoms with Crippen LogP contribution in [0.15, 0.2) is 35.1 Å². The van der Waals surface area contributed by atoms with Crippen LogP contribution >= 0.6 is 15.9 Å². The Morgan fingerprint density at radius 1 is 1.21 bits per heavy atom. The maximum absolute atomic E-state index is 12.0. The SMILES string of the molecule is O=C(Nc1ncc(Br)cn1)c1ccc2c(c1)OCO2. The normalized spacial score (nSPS) is 12.3. The molecule has 0 saturated carbocycles. The lowest BCUT2D eigenvalue weighted by Crippen LogP contribution is -2.13. The van der Waals surface area contributed by atoms with Crippen LogP contribution in [0, 0.1) is 0 Å². The molecule has 0 saturated heterocycles. The Balaban J connectivity index is 1.78. The summed E-state index contributed by atoms with van der Waals surface area (Å²) in [4.78, 5) is 19.9. The molecular weight excluding hydrogens is 314 g/mol. The molecule has 0 aliphatic carbocycles. The Hall–Kier alpha value is -2.15. The molecule has 0 atom stereocenters. The average molecular weight is 322 g/mol. The van der Waals surface area contributed by atoms with E-state index in [0.29, 0.717) is 17.1 Å². The highest BCUT2D eigenvalue weighted by atomic mass is 79.9. The van der Waals surface area contributed by atoms with Crippen LogP contribution in [-0.2, 0) is 0 Å². The molecule has 96 valence electrons. The van der Waals surface area contributed by atoms with Crippen LogP contribution in [0.3, 0.4) is 0 Å². The minimum absolute atomic E-state index is 0.177. The zero-order valence-electron chi connectivity index (χ0n) is 9.59. The van der Waals surface area contributed by atoms with Crippen molar-refractivity contribution in [1.82, 2.24) is 9.97 Å². The Morgan fingerprint density at radius 3 is 2.74 bits per heavy atom. The van der Waals surface area contributed by atoms with Crippen LogP contribution in [0.25, 0.3) is 0 Å². The van der Waals surface area contributed by atoms with Gasteiger partial charge in [0.1, 0.15) is 0 Å². The Kier molecular flexibility index (Phi) is 3.04. The van der Waals surface area contributed by atoms with Crippen molar-refractivity contribution in [3.63, 3.8) is 0 Å². The van der Waals surface area contributed by atoms with Gasteiger partial charge in [0.2, 0.25) is 12.7 Å². The van der Waals surface area contributed by atoms with E-state index >= 15 is 0 Å². The third-order valence-corrected chi connectivity index (χ3v) is 2.89. The van der Waals surface area contributed by atoms with Crippen molar-refractivity contribution in [2.24, 2.45) is 0 Å². The molecule has 19 heavy (non-hydrogen) atoms. The van der Waals surface area contributed by atoms with Gasteiger partial charge in [-0.3, -0.25) is 10.1 Å². The summed E-state index contributed by atoms with van der Waals surface area (Å²) in [5.74, 6) is 1.13. The molecule has 0 fully saturated rings. The Morgan fingerprint density at radius 2 is 1.95 bits per heavy atom. The Bertz CT molecular complexity index is 631. The minimum atomic E-state index is -0.305. The molecule has 2 aromatic rings. The smallest absolute Gasteiger partial charge is 0.258 e. The molecule has 0 unspecified atom stereocenters. The van der Waals surface area contributed by atoms with Crippen LogP contribution in [-0.4, -0.2) is 22.7 Å². The van der Waals surface area contributed by atoms with Gasteiger partial charge in [-0.05, 0) is 34.1 Å². The van der Waals surface area contributed by atoms with Crippen molar-refractivity contribution >= 4 is 27.8 Å². The number of halogens is 1. The number of nitrogens with one attached hydrogen (secondary N) is 1. The number of hydrogen-bond acceptors (Lipinski definition) is 5. The van der Waals surface area contributed by atoms with Gasteiger partial charge in [0.05, 0.1) is 4.47 Å². The fourth-order valence-corrected chi connectivity index (χ4v) is 1.79. The van der Waals surface area contributed by atoms with Gasteiger partial charge in [-0.2, -0.15) is 0 Å². The molecular formula is C12H8BrN3O3. The first-order valence-electron chi connectivity index (χ1n) is 5.41. The fraction of sp³-hybridized carbons (Fsp3) is 0.0833. The van der Waals surface area contributed by atoms with Crippen LogP contribution in [0.4, 0.5) is 5.95 Å². The first-order chi connectivity index (χ1) is 9.22. The first kappa shape index (κ1) is 11.9. The van der Waals surface area contributed by atoms with E-state index in [1.54, 1.807) is 30.6 Å². The van der Waals surface area contributed by atoms with Gasteiger partial charge < -0.3 is 9.47 Å². The molecule has 3 rings (SSSR count). The zero-order valence-corrected chi connectivity index (χ0v) is 11.2. The predicted molar refractivity (Wildman–Crippen MR) is 70.3 cm³/mol. The van der Waals surface area contributed by atoms with Gasteiger partial charge in [-0.25, -0.2) is 9.97 Å². The number of amides is 1. The van der Waals surface area contributed by atoms with Crippen molar-refractivity contribution in [1.29, 1.82) is 0 Å². The quantitative estimate of drug-likeness (QED) is 0.918. The van der Waals surface area contributed by atoms with Crippen molar-refractivity contribution in [3.05, 3.63) is 40.6 Å². The summed E-state index contributed by atoms with van der Waals surface area (Å²) in [5, 5.41) is 2.60. The zero-order chi connectivity index (χ0) is 13.2. The molecule has 0 spiro atoms. The number of anilines is 1. The second-order valence-electron chi connectivity index (χ2n) is 3.75. The molecule has 1 aliphatic heterocycles. The molecule has 2 heterocycles. The van der Waals surface area contributed by atoms with Crippen LogP contribution in [0.5, 0.6) is 11.5 Å². The highest BCUT2D eigenvalue weighted by Crippen LogP contribution is 2.32. The number of rotatable bonds is 2. The lowest BCUT2D eigenvalue weighted by atomic mass is 10.2. The van der Waals surface area contributed by atoms with Gasteiger partial charge >= 0.3 is 0 Å². The summed E-state index contributed by atoms with van der Waals surface area (Å²) < 4.78 is 11.1. The molecule has 0 bridgehead atoms. The molecule has 1 aromatic heterocycles. The van der Waals surface area contributed by atoms with E-state index < -0.39 is 0 Å². The predicted octanol–water partition coefficient (Wildman–Crippen LogP) is 2.22. The topological polar surface area (TPSA) is 73.3 Å². The lowest BCUT2D eigenvalue weighted by Gasteiger charge is -2.04. The lowest BCUT2D eigenvalue weighted by molar-refractivity contribution is 0.102. The van der Waals surface area contributed by atoms with Crippen molar-refractivity contribution in [2.45, 2.75) is 0 Å². The third kappa shape index (κ3) is 2.50. The highest BCUT2D eigenvalue weighted by molar-refractivity contribution is 9.10. The van der Waals surface area contributed by atoms with E-state index in [0.717, 1.165) is 4.47 Å². The first-order valence-corrected chi connectivity index (χ1v) is 6.20. The largest absolute Gasteiger partial charge is 0.454 e. The number of nitrogens with zero attached hydrogens (tertiary/aromatic N) is 2. The molecule has 1 aromatic carbocycles. The van der Waals surface area contributed by atoms with E-state index in [2.05, 4.69) is 31.2 Å². The molecule has 7 heteroatoms. The molecule has 1 N–H and O–H groups in total. The van der Waals surface area contributed by atoms with Crippen molar-refractivity contribution in [2.75, 3.05) is 12.1 Å². The molecule has 1 amide bonds. The molecule has 6 nitrogen and oxygen atoms in total. The van der Waals surface area contributed by atoms with Crippen LogP contribution in [0.2, 0.25) is 0 Å². The Labute approximate surface area is 116 Å². The second-order valence-corrected chi connectivity index (χ2v) is 4.66. The number of carbonyl (C=O) groups excluding carboxylic acids is 1. The number of aromatic nitrogens is 2. The van der Waals surface area contributed by atoms with Gasteiger partial charge in [-0.1, -0.05) is 0 Å². The van der Waals surface area contributed by atoms with Gasteiger partial charge in [-0.15, -0.1) is 0 Å². The summed E-state index contributed by atoms with van der Waals surface area (Å²) in [5.41, 5.74) is 0.454. The number of ether oxygens (including phenoxy) is 2. The van der Waals surface area contributed by atoms with Gasteiger partial charge in [0, 0.05) is 18.0 Å². The van der Waals surface area contributed by atoms with E-state index in [9.17, 15) is 4.79 Å². The summed E-state index contributed by atoms with van der Waals surface area (Å²) in [6, 6.07) is 4.97. The fourth-order valence-electron chi connectivity index (χ4n) is 1.59. The molecule has 1 aliphatic rings. The highest BCUT2D eigenvalue weighted by Gasteiger charge is 2.16. The number of benzene rings is 1. The van der Waals surface area contributed by atoms with E-state index in [1.807, 2.05) is 0 Å². The summed E-state index contributed by atoms with van der Waals surface area (Å²) in [7, 11) is 0. The number of hydrogen-bond donors (Lipinski definition) is 1. The van der Waals surface area contributed by atoms with E-state index in [4.69, 9.17) is 9.47 Å². The maximum atomic E-state index is 12.0.